The minimum absolute atomic E-state index is 0.289. The third kappa shape index (κ3) is 6.91. The molecule has 2 rings (SSSR count). The van der Waals surface area contributed by atoms with Crippen LogP contribution in [0.15, 0.2) is 54.6 Å². The van der Waals surface area contributed by atoms with Crippen molar-refractivity contribution in [1.82, 2.24) is 10.6 Å². The number of carbonyl (C=O) groups is 4. The Morgan fingerprint density at radius 2 is 1.67 bits per heavy atom. The van der Waals surface area contributed by atoms with Crippen molar-refractivity contribution in [1.29, 1.82) is 0 Å². The first-order valence-electron chi connectivity index (χ1n) is 8.81. The van der Waals surface area contributed by atoms with E-state index in [1.807, 2.05) is 5.32 Å². The number of amides is 4. The van der Waals surface area contributed by atoms with Gasteiger partial charge in [-0.1, -0.05) is 18.2 Å². The summed E-state index contributed by atoms with van der Waals surface area (Å²) in [6.45, 7) is -1.50. The first-order chi connectivity index (χ1) is 14.4. The number of ether oxygens (including phenoxy) is 2. The molecule has 0 radical (unpaired) electrons. The van der Waals surface area contributed by atoms with Gasteiger partial charge in [-0.3, -0.25) is 14.9 Å². The Kier molecular flexibility index (Phi) is 8.33. The number of anilines is 1. The van der Waals surface area contributed by atoms with Crippen molar-refractivity contribution in [3.05, 3.63) is 60.2 Å². The molecule has 1 unspecified atom stereocenters. The Morgan fingerprint density at radius 3 is 2.27 bits per heavy atom. The van der Waals surface area contributed by atoms with Crippen molar-refractivity contribution < 1.29 is 33.8 Å². The second kappa shape index (κ2) is 11.2. The van der Waals surface area contributed by atoms with Crippen molar-refractivity contribution in [2.75, 3.05) is 25.6 Å². The van der Waals surface area contributed by atoms with Gasteiger partial charge >= 0.3 is 12.0 Å². The summed E-state index contributed by atoms with van der Waals surface area (Å²) in [5, 5.41) is 16.0. The number of carbonyl (C=O) groups excluding carboxylic acids is 4. The van der Waals surface area contributed by atoms with Gasteiger partial charge in [0.05, 0.1) is 13.7 Å². The number of benzene rings is 2. The van der Waals surface area contributed by atoms with E-state index in [2.05, 4.69) is 10.6 Å². The molecule has 0 spiro atoms. The molecule has 0 aliphatic heterocycles. The third-order valence-corrected chi connectivity index (χ3v) is 3.75. The van der Waals surface area contributed by atoms with Gasteiger partial charge in [0.2, 0.25) is 0 Å². The van der Waals surface area contributed by atoms with Gasteiger partial charge in [-0.05, 0) is 36.4 Å². The molecule has 0 saturated heterocycles. The summed E-state index contributed by atoms with van der Waals surface area (Å²) in [6.07, 6.45) is 0. The lowest BCUT2D eigenvalue weighted by Crippen LogP contribution is -2.45. The van der Waals surface area contributed by atoms with E-state index in [1.54, 1.807) is 42.5 Å². The number of rotatable bonds is 8. The fourth-order valence-corrected chi connectivity index (χ4v) is 2.25. The van der Waals surface area contributed by atoms with Gasteiger partial charge in [0.15, 0.2) is 12.6 Å². The van der Waals surface area contributed by atoms with Gasteiger partial charge in [0, 0.05) is 11.3 Å². The molecule has 0 aromatic heterocycles. The number of hydrogen-bond donors (Lipinski definition) is 4. The van der Waals surface area contributed by atoms with Gasteiger partial charge in [-0.25, -0.2) is 9.59 Å². The fraction of sp³-hybridized carbons (Fsp3) is 0.200. The number of nitrogens with one attached hydrogen (secondary N) is 3. The first kappa shape index (κ1) is 22.4. The predicted molar refractivity (Wildman–Crippen MR) is 106 cm³/mol. The topological polar surface area (TPSA) is 143 Å². The van der Waals surface area contributed by atoms with E-state index >= 15 is 0 Å². The third-order valence-electron chi connectivity index (χ3n) is 3.75. The highest BCUT2D eigenvalue weighted by Gasteiger charge is 2.23. The molecule has 4 amide bonds. The summed E-state index contributed by atoms with van der Waals surface area (Å²) in [4.78, 5) is 47.6. The van der Waals surface area contributed by atoms with E-state index < -0.39 is 43.1 Å². The van der Waals surface area contributed by atoms with E-state index in [4.69, 9.17) is 9.47 Å². The van der Waals surface area contributed by atoms with Crippen LogP contribution >= 0.6 is 0 Å². The zero-order valence-corrected chi connectivity index (χ0v) is 16.1. The maximum atomic E-state index is 12.0. The zero-order valence-electron chi connectivity index (χ0n) is 16.1. The van der Waals surface area contributed by atoms with Crippen molar-refractivity contribution in [3.8, 4) is 5.75 Å². The van der Waals surface area contributed by atoms with Gasteiger partial charge < -0.3 is 25.2 Å². The molecule has 0 heterocycles. The van der Waals surface area contributed by atoms with Crippen LogP contribution in [0.1, 0.15) is 10.4 Å². The number of aliphatic hydroxyl groups excluding tert-OH is 1. The summed E-state index contributed by atoms with van der Waals surface area (Å²) in [5.41, 5.74) is 0.707. The zero-order chi connectivity index (χ0) is 21.9. The van der Waals surface area contributed by atoms with Gasteiger partial charge in [0.1, 0.15) is 5.75 Å². The molecule has 1 atom stereocenters. The largest absolute Gasteiger partial charge is 0.497 e. The fourth-order valence-electron chi connectivity index (χ4n) is 2.25. The van der Waals surface area contributed by atoms with E-state index in [0.29, 0.717) is 11.4 Å². The highest BCUT2D eigenvalue weighted by atomic mass is 16.5. The van der Waals surface area contributed by atoms with Crippen LogP contribution in [0, 0.1) is 0 Å². The second-order valence-electron chi connectivity index (χ2n) is 5.91. The average Bonchev–Trinajstić information content (AvgIpc) is 2.76. The Labute approximate surface area is 172 Å². The van der Waals surface area contributed by atoms with Crippen molar-refractivity contribution in [3.63, 3.8) is 0 Å². The first-order valence-corrected chi connectivity index (χ1v) is 8.81. The standard InChI is InChI=1S/C20H21N3O7/c1-29-15-9-7-14(8-10-15)21-20(28)23-17(25)12-30-19(27)16(11-24)22-18(26)13-5-3-2-4-6-13/h2-10,16,24H,11-12H2,1H3,(H,22,26)(H2,21,23,25,28). The summed E-state index contributed by atoms with van der Waals surface area (Å²) < 4.78 is 9.75. The molecular weight excluding hydrogens is 394 g/mol. The predicted octanol–water partition coefficient (Wildman–Crippen LogP) is 0.677. The second-order valence-corrected chi connectivity index (χ2v) is 5.91. The molecule has 0 aliphatic carbocycles. The van der Waals surface area contributed by atoms with Crippen LogP contribution in [-0.2, 0) is 14.3 Å². The Hall–Kier alpha value is -3.92. The quantitative estimate of drug-likeness (QED) is 0.464. The van der Waals surface area contributed by atoms with E-state index in [9.17, 15) is 24.3 Å². The van der Waals surface area contributed by atoms with Crippen LogP contribution in [0.4, 0.5) is 10.5 Å². The van der Waals surface area contributed by atoms with Crippen molar-refractivity contribution in [2.45, 2.75) is 6.04 Å². The number of methoxy groups -OCH3 is 1. The molecule has 0 saturated carbocycles. The SMILES string of the molecule is COc1ccc(NC(=O)NC(=O)COC(=O)C(CO)NC(=O)c2ccccc2)cc1. The van der Waals surface area contributed by atoms with Gasteiger partial charge in [0.25, 0.3) is 11.8 Å². The van der Waals surface area contributed by atoms with E-state index in [1.165, 1.54) is 19.2 Å². The number of hydrogen-bond acceptors (Lipinski definition) is 7. The molecule has 158 valence electrons. The minimum Gasteiger partial charge on any atom is -0.497 e. The maximum Gasteiger partial charge on any atom is 0.331 e. The number of esters is 1. The molecule has 10 nitrogen and oxygen atoms in total. The van der Waals surface area contributed by atoms with Crippen LogP contribution in [0.3, 0.4) is 0 Å². The smallest absolute Gasteiger partial charge is 0.331 e. The molecular formula is C20H21N3O7. The monoisotopic (exact) mass is 415 g/mol. The Bertz CT molecular complexity index is 885. The average molecular weight is 415 g/mol. The molecule has 2 aromatic rings. The highest BCUT2D eigenvalue weighted by molar-refractivity contribution is 6.02. The molecule has 4 N–H and O–H groups in total. The minimum atomic E-state index is -1.36. The van der Waals surface area contributed by atoms with E-state index in [-0.39, 0.29) is 5.56 Å². The molecule has 0 fully saturated rings. The lowest BCUT2D eigenvalue weighted by atomic mass is 10.2. The number of aliphatic hydroxyl groups is 1. The molecule has 0 aliphatic rings. The highest BCUT2D eigenvalue weighted by Crippen LogP contribution is 2.14. The number of urea groups is 1. The maximum absolute atomic E-state index is 12.0. The van der Waals surface area contributed by atoms with Crippen LogP contribution in [0.25, 0.3) is 0 Å². The lowest BCUT2D eigenvalue weighted by molar-refractivity contribution is -0.151. The van der Waals surface area contributed by atoms with Crippen LogP contribution in [0.5, 0.6) is 5.75 Å². The summed E-state index contributed by atoms with van der Waals surface area (Å²) in [5.74, 6) is -1.90. The molecule has 10 heteroatoms. The van der Waals surface area contributed by atoms with Crippen LogP contribution in [-0.4, -0.2) is 55.3 Å². The van der Waals surface area contributed by atoms with Gasteiger partial charge in [-0.15, -0.1) is 0 Å². The molecule has 0 bridgehead atoms. The normalized spacial score (nSPS) is 11.0. The van der Waals surface area contributed by atoms with Gasteiger partial charge in [-0.2, -0.15) is 0 Å². The van der Waals surface area contributed by atoms with Crippen LogP contribution < -0.4 is 20.7 Å². The Balaban J connectivity index is 1.78. The van der Waals surface area contributed by atoms with Crippen molar-refractivity contribution in [2.24, 2.45) is 0 Å². The summed E-state index contributed by atoms with van der Waals surface area (Å²) >= 11 is 0. The summed E-state index contributed by atoms with van der Waals surface area (Å²) in [7, 11) is 1.50. The Morgan fingerprint density at radius 1 is 1.00 bits per heavy atom. The van der Waals surface area contributed by atoms with Crippen LogP contribution in [0.2, 0.25) is 0 Å². The summed E-state index contributed by atoms with van der Waals surface area (Å²) in [6, 6.07) is 12.3. The molecule has 30 heavy (non-hydrogen) atoms. The van der Waals surface area contributed by atoms with E-state index in [0.717, 1.165) is 0 Å². The number of imide groups is 1. The molecule has 2 aromatic carbocycles. The lowest BCUT2D eigenvalue weighted by Gasteiger charge is -2.15. The van der Waals surface area contributed by atoms with Crippen molar-refractivity contribution >= 4 is 29.5 Å².